The van der Waals surface area contributed by atoms with Crippen LogP contribution in [0.2, 0.25) is 0 Å². The standard InChI is InChI=1S/C12H14N8/c13-5-11-17-9-20(18-11)12-15-6-10(7-16-12)8-19-3-1-14-2-4-19/h6-7,9,14H,1-4,8H2. The Hall–Kier alpha value is -2.37. The molecule has 0 amide bonds. The van der Waals surface area contributed by atoms with Crippen LogP contribution in [0.25, 0.3) is 5.95 Å². The molecule has 1 N–H and O–H groups in total. The largest absolute Gasteiger partial charge is 0.314 e. The molecule has 1 aliphatic rings. The molecule has 102 valence electrons. The average molecular weight is 270 g/mol. The second-order valence-corrected chi connectivity index (χ2v) is 4.54. The normalized spacial score (nSPS) is 15.9. The smallest absolute Gasteiger partial charge is 0.252 e. The number of nitrogens with zero attached hydrogens (tertiary/aromatic N) is 7. The van der Waals surface area contributed by atoms with Gasteiger partial charge in [0.25, 0.3) is 11.8 Å². The Bertz CT molecular complexity index is 605. The van der Waals surface area contributed by atoms with E-state index in [4.69, 9.17) is 5.26 Å². The molecule has 0 bridgehead atoms. The molecule has 8 nitrogen and oxygen atoms in total. The molecular formula is C12H14N8. The fraction of sp³-hybridized carbons (Fsp3) is 0.417. The number of nitrogens with one attached hydrogen (secondary N) is 1. The van der Waals surface area contributed by atoms with E-state index in [-0.39, 0.29) is 5.82 Å². The Morgan fingerprint density at radius 2 is 1.95 bits per heavy atom. The third-order valence-electron chi connectivity index (χ3n) is 3.10. The van der Waals surface area contributed by atoms with Crippen LogP contribution in [0.3, 0.4) is 0 Å². The highest BCUT2D eigenvalue weighted by Gasteiger charge is 2.11. The maximum Gasteiger partial charge on any atom is 0.252 e. The lowest BCUT2D eigenvalue weighted by atomic mass is 10.3. The summed E-state index contributed by atoms with van der Waals surface area (Å²) in [5.41, 5.74) is 1.07. The van der Waals surface area contributed by atoms with Crippen LogP contribution in [0.15, 0.2) is 18.7 Å². The molecule has 1 fully saturated rings. The van der Waals surface area contributed by atoms with Crippen LogP contribution in [0.4, 0.5) is 0 Å². The lowest BCUT2D eigenvalue weighted by molar-refractivity contribution is 0.232. The molecule has 1 saturated heterocycles. The maximum absolute atomic E-state index is 8.68. The van der Waals surface area contributed by atoms with Crippen LogP contribution in [0, 0.1) is 11.3 Å². The van der Waals surface area contributed by atoms with Crippen LogP contribution in [-0.2, 0) is 6.54 Å². The molecule has 0 aromatic carbocycles. The fourth-order valence-electron chi connectivity index (χ4n) is 2.09. The SMILES string of the molecule is N#Cc1ncn(-c2ncc(CN3CCNCC3)cn2)n1. The summed E-state index contributed by atoms with van der Waals surface area (Å²) < 4.78 is 1.40. The van der Waals surface area contributed by atoms with Gasteiger partial charge in [-0.3, -0.25) is 4.90 Å². The highest BCUT2D eigenvalue weighted by molar-refractivity contribution is 5.15. The average Bonchev–Trinajstić information content (AvgIpc) is 2.98. The lowest BCUT2D eigenvalue weighted by Gasteiger charge is -2.26. The van der Waals surface area contributed by atoms with E-state index in [1.807, 2.05) is 6.07 Å². The predicted molar refractivity (Wildman–Crippen MR) is 69.8 cm³/mol. The van der Waals surface area contributed by atoms with E-state index in [9.17, 15) is 0 Å². The Labute approximate surface area is 116 Å². The van der Waals surface area contributed by atoms with Crippen molar-refractivity contribution in [2.45, 2.75) is 6.54 Å². The van der Waals surface area contributed by atoms with Gasteiger partial charge < -0.3 is 5.32 Å². The van der Waals surface area contributed by atoms with E-state index in [2.05, 4.69) is 30.3 Å². The lowest BCUT2D eigenvalue weighted by Crippen LogP contribution is -2.42. The van der Waals surface area contributed by atoms with Gasteiger partial charge in [-0.2, -0.15) is 9.94 Å². The summed E-state index contributed by atoms with van der Waals surface area (Å²) in [6.07, 6.45) is 5.01. The van der Waals surface area contributed by atoms with Crippen molar-refractivity contribution in [3.8, 4) is 12.0 Å². The number of aromatic nitrogens is 5. The van der Waals surface area contributed by atoms with Gasteiger partial charge in [-0.25, -0.2) is 15.0 Å². The quantitative estimate of drug-likeness (QED) is 0.790. The van der Waals surface area contributed by atoms with E-state index < -0.39 is 0 Å². The van der Waals surface area contributed by atoms with Crippen molar-refractivity contribution in [2.24, 2.45) is 0 Å². The van der Waals surface area contributed by atoms with E-state index in [1.165, 1.54) is 11.0 Å². The van der Waals surface area contributed by atoms with Gasteiger partial charge >= 0.3 is 0 Å². The molecule has 3 rings (SSSR count). The summed E-state index contributed by atoms with van der Waals surface area (Å²) >= 11 is 0. The third kappa shape index (κ3) is 2.79. The number of hydrogen-bond acceptors (Lipinski definition) is 7. The number of piperazine rings is 1. The molecule has 1 aliphatic heterocycles. The van der Waals surface area contributed by atoms with Crippen LogP contribution in [0.1, 0.15) is 11.4 Å². The summed E-state index contributed by atoms with van der Waals surface area (Å²) in [5.74, 6) is 0.529. The van der Waals surface area contributed by atoms with Crippen molar-refractivity contribution < 1.29 is 0 Å². The second kappa shape index (κ2) is 5.73. The Morgan fingerprint density at radius 1 is 1.20 bits per heavy atom. The van der Waals surface area contributed by atoms with Crippen molar-refractivity contribution in [1.82, 2.24) is 34.9 Å². The molecule has 0 saturated carbocycles. The van der Waals surface area contributed by atoms with Crippen LogP contribution < -0.4 is 5.32 Å². The van der Waals surface area contributed by atoms with Gasteiger partial charge in [0.05, 0.1) is 0 Å². The molecule has 0 unspecified atom stereocenters. The molecule has 2 aromatic rings. The highest BCUT2D eigenvalue weighted by atomic mass is 15.4. The third-order valence-corrected chi connectivity index (χ3v) is 3.10. The zero-order chi connectivity index (χ0) is 13.8. The van der Waals surface area contributed by atoms with Crippen molar-refractivity contribution >= 4 is 0 Å². The second-order valence-electron chi connectivity index (χ2n) is 4.54. The van der Waals surface area contributed by atoms with Gasteiger partial charge in [0, 0.05) is 50.7 Å². The Kier molecular flexibility index (Phi) is 3.62. The molecule has 20 heavy (non-hydrogen) atoms. The van der Waals surface area contributed by atoms with E-state index in [1.54, 1.807) is 12.4 Å². The molecule has 8 heteroatoms. The zero-order valence-electron chi connectivity index (χ0n) is 10.9. The van der Waals surface area contributed by atoms with Crippen LogP contribution >= 0.6 is 0 Å². The van der Waals surface area contributed by atoms with Crippen LogP contribution in [-0.4, -0.2) is 55.8 Å². The van der Waals surface area contributed by atoms with Gasteiger partial charge in [-0.05, 0) is 0 Å². The first kappa shape index (κ1) is 12.7. The highest BCUT2D eigenvalue weighted by Crippen LogP contribution is 2.05. The molecule has 0 aliphatic carbocycles. The molecular weight excluding hydrogens is 256 g/mol. The van der Waals surface area contributed by atoms with Crippen molar-refractivity contribution in [3.05, 3.63) is 30.1 Å². The van der Waals surface area contributed by atoms with E-state index in [0.29, 0.717) is 5.95 Å². The monoisotopic (exact) mass is 270 g/mol. The van der Waals surface area contributed by atoms with Gasteiger partial charge in [-0.15, -0.1) is 5.10 Å². The van der Waals surface area contributed by atoms with Crippen molar-refractivity contribution in [1.29, 1.82) is 5.26 Å². The number of hydrogen-bond donors (Lipinski definition) is 1. The minimum atomic E-state index is 0.110. The van der Waals surface area contributed by atoms with E-state index >= 15 is 0 Å². The summed E-state index contributed by atoms with van der Waals surface area (Å²) in [6, 6.07) is 1.87. The zero-order valence-corrected chi connectivity index (χ0v) is 10.9. The summed E-state index contributed by atoms with van der Waals surface area (Å²) in [5, 5.41) is 16.0. The molecule has 2 aromatic heterocycles. The first-order valence-corrected chi connectivity index (χ1v) is 6.41. The minimum absolute atomic E-state index is 0.110. The topological polar surface area (TPSA) is 95.5 Å². The summed E-state index contributed by atoms with van der Waals surface area (Å²) in [4.78, 5) is 14.7. The minimum Gasteiger partial charge on any atom is -0.314 e. The number of nitriles is 1. The summed E-state index contributed by atoms with van der Waals surface area (Å²) in [7, 11) is 0. The number of rotatable bonds is 3. The van der Waals surface area contributed by atoms with Crippen molar-refractivity contribution in [2.75, 3.05) is 26.2 Å². The maximum atomic E-state index is 8.68. The van der Waals surface area contributed by atoms with Gasteiger partial charge in [0.1, 0.15) is 12.4 Å². The fourth-order valence-corrected chi connectivity index (χ4v) is 2.09. The molecule has 0 spiro atoms. The van der Waals surface area contributed by atoms with Crippen molar-refractivity contribution in [3.63, 3.8) is 0 Å². The summed E-state index contributed by atoms with van der Waals surface area (Å²) in [6.45, 7) is 4.97. The van der Waals surface area contributed by atoms with Crippen LogP contribution in [0.5, 0.6) is 0 Å². The molecule has 0 radical (unpaired) electrons. The Morgan fingerprint density at radius 3 is 2.60 bits per heavy atom. The van der Waals surface area contributed by atoms with Gasteiger partial charge in [0.2, 0.25) is 0 Å². The first-order valence-electron chi connectivity index (χ1n) is 6.41. The van der Waals surface area contributed by atoms with Gasteiger partial charge in [-0.1, -0.05) is 0 Å². The molecule has 0 atom stereocenters. The molecule has 3 heterocycles. The van der Waals surface area contributed by atoms with Gasteiger partial charge in [0.15, 0.2) is 0 Å². The first-order chi connectivity index (χ1) is 9.85. The van der Waals surface area contributed by atoms with E-state index in [0.717, 1.165) is 38.3 Å². The predicted octanol–water partition coefficient (Wildman–Crippen LogP) is -0.666. The Balaban J connectivity index is 1.69.